The van der Waals surface area contributed by atoms with Crippen LogP contribution in [0.3, 0.4) is 0 Å². The van der Waals surface area contributed by atoms with Gasteiger partial charge in [0.25, 0.3) is 0 Å². The molecule has 0 radical (unpaired) electrons. The van der Waals surface area contributed by atoms with E-state index < -0.39 is 5.97 Å². The van der Waals surface area contributed by atoms with Gasteiger partial charge in [0.2, 0.25) is 0 Å². The van der Waals surface area contributed by atoms with Gasteiger partial charge in [0.1, 0.15) is 0 Å². The molecule has 1 heterocycles. The summed E-state index contributed by atoms with van der Waals surface area (Å²) in [5.41, 5.74) is 2.68. The fourth-order valence-corrected chi connectivity index (χ4v) is 2.36. The largest absolute Gasteiger partial charge is 0.478 e. The summed E-state index contributed by atoms with van der Waals surface area (Å²) in [6, 6.07) is 5.51. The number of pyridine rings is 1. The summed E-state index contributed by atoms with van der Waals surface area (Å²) in [6.07, 6.45) is 0.734. The topological polar surface area (TPSA) is 50.2 Å². The molecule has 0 aliphatic carbocycles. The lowest BCUT2D eigenvalue weighted by atomic mass is 10.0. The first-order valence-corrected chi connectivity index (χ1v) is 6.16. The normalized spacial score (nSPS) is 10.8. The first-order chi connectivity index (χ1) is 8.04. The highest BCUT2D eigenvalue weighted by atomic mass is 79.9. The number of nitrogens with zero attached hydrogens (tertiary/aromatic N) is 1. The lowest BCUT2D eigenvalue weighted by Crippen LogP contribution is -2.06. The van der Waals surface area contributed by atoms with Crippen LogP contribution in [0, 0.1) is 6.92 Å². The Labute approximate surface area is 108 Å². The lowest BCUT2D eigenvalue weighted by molar-refractivity contribution is 0.0698. The molecular weight excluding hydrogens is 282 g/mol. The molecule has 0 fully saturated rings. The van der Waals surface area contributed by atoms with Gasteiger partial charge < -0.3 is 5.11 Å². The molecule has 17 heavy (non-hydrogen) atoms. The van der Waals surface area contributed by atoms with E-state index in [2.05, 4.69) is 20.9 Å². The van der Waals surface area contributed by atoms with Crippen LogP contribution in [0.5, 0.6) is 0 Å². The molecule has 3 nitrogen and oxygen atoms in total. The zero-order valence-corrected chi connectivity index (χ0v) is 11.2. The summed E-state index contributed by atoms with van der Waals surface area (Å²) < 4.78 is 0.859. The van der Waals surface area contributed by atoms with Gasteiger partial charge in [-0.3, -0.25) is 4.98 Å². The molecule has 1 aromatic carbocycles. The van der Waals surface area contributed by atoms with Crippen LogP contribution >= 0.6 is 15.9 Å². The predicted octanol–water partition coefficient (Wildman–Crippen LogP) is 3.57. The molecule has 0 saturated heterocycles. The average Bonchev–Trinajstić information content (AvgIpc) is 2.27. The number of rotatable bonds is 2. The number of carbonyl (C=O) groups is 1. The Balaban J connectivity index is 2.92. The van der Waals surface area contributed by atoms with E-state index in [9.17, 15) is 9.90 Å². The van der Waals surface area contributed by atoms with Crippen LogP contribution in [0.15, 0.2) is 22.7 Å². The molecule has 0 spiro atoms. The van der Waals surface area contributed by atoms with E-state index in [1.165, 1.54) is 0 Å². The molecular formula is C13H12BrNO2. The number of hydrogen-bond acceptors (Lipinski definition) is 2. The smallest absolute Gasteiger partial charge is 0.336 e. The highest BCUT2D eigenvalue weighted by Gasteiger charge is 2.16. The van der Waals surface area contributed by atoms with Gasteiger partial charge in [-0.15, -0.1) is 0 Å². The molecule has 88 valence electrons. The summed E-state index contributed by atoms with van der Waals surface area (Å²) in [5.74, 6) is -0.900. The van der Waals surface area contributed by atoms with Gasteiger partial charge in [-0.2, -0.15) is 0 Å². The first-order valence-electron chi connectivity index (χ1n) is 5.36. The van der Waals surface area contributed by atoms with Crippen LogP contribution < -0.4 is 0 Å². The number of aromatic carboxylic acids is 1. The molecule has 0 aliphatic heterocycles. The quantitative estimate of drug-likeness (QED) is 0.921. The third-order valence-corrected chi connectivity index (χ3v) is 3.33. The van der Waals surface area contributed by atoms with Crippen molar-refractivity contribution in [3.8, 4) is 0 Å². The van der Waals surface area contributed by atoms with Gasteiger partial charge in [-0.25, -0.2) is 4.79 Å². The van der Waals surface area contributed by atoms with E-state index in [-0.39, 0.29) is 0 Å². The van der Waals surface area contributed by atoms with E-state index in [1.807, 2.05) is 26.0 Å². The van der Waals surface area contributed by atoms with Crippen LogP contribution in [0.25, 0.3) is 10.9 Å². The monoisotopic (exact) mass is 293 g/mol. The average molecular weight is 294 g/mol. The van der Waals surface area contributed by atoms with E-state index >= 15 is 0 Å². The molecule has 0 bridgehead atoms. The second-order valence-electron chi connectivity index (χ2n) is 3.88. The summed E-state index contributed by atoms with van der Waals surface area (Å²) in [7, 11) is 0. The molecule has 1 N–H and O–H groups in total. The van der Waals surface area contributed by atoms with Crippen LogP contribution in [0.4, 0.5) is 0 Å². The van der Waals surface area contributed by atoms with Crippen molar-refractivity contribution >= 4 is 32.8 Å². The fraction of sp³-hybridized carbons (Fsp3) is 0.231. The minimum Gasteiger partial charge on any atom is -0.478 e. The molecule has 0 saturated carbocycles. The Kier molecular flexibility index (Phi) is 3.15. The number of hydrogen-bond donors (Lipinski definition) is 1. The second kappa shape index (κ2) is 4.45. The summed E-state index contributed by atoms with van der Waals surface area (Å²) in [4.78, 5) is 15.9. The third-order valence-electron chi connectivity index (χ3n) is 2.84. The SMILES string of the molecule is CCc1nc2ccc(Br)cc2c(C(=O)O)c1C. The van der Waals surface area contributed by atoms with Gasteiger partial charge >= 0.3 is 5.97 Å². The molecule has 2 rings (SSSR count). The molecule has 0 unspecified atom stereocenters. The predicted molar refractivity (Wildman–Crippen MR) is 70.5 cm³/mol. The Bertz CT molecular complexity index is 608. The van der Waals surface area contributed by atoms with Crippen LogP contribution in [-0.4, -0.2) is 16.1 Å². The summed E-state index contributed by atoms with van der Waals surface area (Å²) >= 11 is 3.36. The molecule has 1 aromatic heterocycles. The minimum absolute atomic E-state index is 0.355. The second-order valence-corrected chi connectivity index (χ2v) is 4.79. The minimum atomic E-state index is -0.900. The first kappa shape index (κ1) is 12.0. The zero-order chi connectivity index (χ0) is 12.6. The van der Waals surface area contributed by atoms with Crippen molar-refractivity contribution in [1.82, 2.24) is 4.98 Å². The van der Waals surface area contributed by atoms with Crippen molar-refractivity contribution in [3.05, 3.63) is 39.5 Å². The summed E-state index contributed by atoms with van der Waals surface area (Å²) in [6.45, 7) is 3.79. The highest BCUT2D eigenvalue weighted by molar-refractivity contribution is 9.10. The molecule has 0 aliphatic rings. The Morgan fingerprint density at radius 3 is 2.76 bits per heavy atom. The van der Waals surface area contributed by atoms with Gasteiger partial charge in [0.05, 0.1) is 11.1 Å². The van der Waals surface area contributed by atoms with Crippen LogP contribution in [0.1, 0.15) is 28.5 Å². The molecule has 0 atom stereocenters. The number of aryl methyl sites for hydroxylation is 1. The summed E-state index contributed by atoms with van der Waals surface area (Å²) in [5, 5.41) is 10.0. The lowest BCUT2D eigenvalue weighted by Gasteiger charge is -2.10. The van der Waals surface area contributed by atoms with E-state index in [4.69, 9.17) is 0 Å². The van der Waals surface area contributed by atoms with Crippen LogP contribution in [-0.2, 0) is 6.42 Å². The van der Waals surface area contributed by atoms with E-state index in [1.54, 1.807) is 6.07 Å². The maximum Gasteiger partial charge on any atom is 0.336 e. The van der Waals surface area contributed by atoms with Crippen molar-refractivity contribution in [2.75, 3.05) is 0 Å². The van der Waals surface area contributed by atoms with Crippen molar-refractivity contribution in [2.24, 2.45) is 0 Å². The van der Waals surface area contributed by atoms with Gasteiger partial charge in [-0.1, -0.05) is 22.9 Å². The molecule has 2 aromatic rings. The number of carboxylic acids is 1. The third kappa shape index (κ3) is 2.05. The van der Waals surface area contributed by atoms with E-state index in [0.29, 0.717) is 10.9 Å². The number of fused-ring (bicyclic) bond motifs is 1. The van der Waals surface area contributed by atoms with Crippen molar-refractivity contribution in [1.29, 1.82) is 0 Å². The number of benzene rings is 1. The Morgan fingerprint density at radius 2 is 2.18 bits per heavy atom. The van der Waals surface area contributed by atoms with Crippen molar-refractivity contribution in [3.63, 3.8) is 0 Å². The Hall–Kier alpha value is -1.42. The molecule has 0 amide bonds. The van der Waals surface area contributed by atoms with Crippen molar-refractivity contribution in [2.45, 2.75) is 20.3 Å². The maximum atomic E-state index is 11.4. The van der Waals surface area contributed by atoms with E-state index in [0.717, 1.165) is 27.7 Å². The van der Waals surface area contributed by atoms with Crippen molar-refractivity contribution < 1.29 is 9.90 Å². The zero-order valence-electron chi connectivity index (χ0n) is 9.62. The number of carboxylic acid groups (broad SMARTS) is 1. The Morgan fingerprint density at radius 1 is 1.47 bits per heavy atom. The van der Waals surface area contributed by atoms with Gasteiger partial charge in [-0.05, 0) is 37.1 Å². The maximum absolute atomic E-state index is 11.4. The van der Waals surface area contributed by atoms with Gasteiger partial charge in [0, 0.05) is 15.6 Å². The number of halogens is 1. The molecule has 4 heteroatoms. The number of aromatic nitrogens is 1. The standard InChI is InChI=1S/C13H12BrNO2/c1-3-10-7(2)12(13(16)17)9-6-8(14)4-5-11(9)15-10/h4-6H,3H2,1-2H3,(H,16,17). The fourth-order valence-electron chi connectivity index (χ4n) is 2.00. The highest BCUT2D eigenvalue weighted by Crippen LogP contribution is 2.26. The van der Waals surface area contributed by atoms with Gasteiger partial charge in [0.15, 0.2) is 0 Å². The van der Waals surface area contributed by atoms with Crippen LogP contribution in [0.2, 0.25) is 0 Å².